The summed E-state index contributed by atoms with van der Waals surface area (Å²) in [6.45, 7) is 3.03. The maximum Gasteiger partial charge on any atom is 0.223 e. The van der Waals surface area contributed by atoms with Crippen molar-refractivity contribution in [2.75, 3.05) is 32.1 Å². The van der Waals surface area contributed by atoms with Gasteiger partial charge < -0.3 is 15.1 Å². The number of nitrogens with zero attached hydrogens (tertiary/aromatic N) is 2. The highest BCUT2D eigenvalue weighted by molar-refractivity contribution is 5.77. The van der Waals surface area contributed by atoms with Crippen molar-refractivity contribution in [1.82, 2.24) is 10.2 Å². The van der Waals surface area contributed by atoms with Crippen LogP contribution in [0, 0.1) is 0 Å². The van der Waals surface area contributed by atoms with Crippen LogP contribution in [-0.2, 0) is 16.0 Å². The van der Waals surface area contributed by atoms with E-state index in [0.717, 1.165) is 32.2 Å². The van der Waals surface area contributed by atoms with Gasteiger partial charge in [0.2, 0.25) is 11.8 Å². The number of aryl methyl sites for hydroxylation is 1. The van der Waals surface area contributed by atoms with E-state index in [1.807, 2.05) is 19.0 Å². The van der Waals surface area contributed by atoms with Crippen LogP contribution in [0.5, 0.6) is 0 Å². The van der Waals surface area contributed by atoms with Crippen molar-refractivity contribution in [3.8, 4) is 0 Å². The fourth-order valence-electron chi connectivity index (χ4n) is 3.40. The summed E-state index contributed by atoms with van der Waals surface area (Å²) in [5.41, 5.74) is 2.37. The highest BCUT2D eigenvalue weighted by Gasteiger charge is 2.25. The Balaban J connectivity index is 1.85. The Morgan fingerprint density at radius 3 is 2.56 bits per heavy atom. The van der Waals surface area contributed by atoms with Gasteiger partial charge in [0.15, 0.2) is 0 Å². The predicted octanol–water partition coefficient (Wildman–Crippen LogP) is 2.59. The molecule has 138 valence electrons. The first kappa shape index (κ1) is 19.3. The SMILES string of the molecule is CC(=O)NCCC1CCCCN1C(=O)CCc1ccc(N(C)C)cc1. The molecule has 1 aliphatic heterocycles. The molecule has 5 heteroatoms. The number of carbonyl (C=O) groups is 2. The van der Waals surface area contributed by atoms with E-state index in [4.69, 9.17) is 0 Å². The maximum absolute atomic E-state index is 12.7. The van der Waals surface area contributed by atoms with E-state index in [-0.39, 0.29) is 17.9 Å². The number of hydrogen-bond donors (Lipinski definition) is 1. The molecule has 0 aliphatic carbocycles. The zero-order valence-corrected chi connectivity index (χ0v) is 15.8. The Morgan fingerprint density at radius 1 is 1.20 bits per heavy atom. The van der Waals surface area contributed by atoms with Crippen LogP contribution in [0.3, 0.4) is 0 Å². The molecular formula is C20H31N3O2. The summed E-state index contributed by atoms with van der Waals surface area (Å²) in [4.78, 5) is 27.8. The Labute approximate surface area is 151 Å². The highest BCUT2D eigenvalue weighted by Crippen LogP contribution is 2.21. The lowest BCUT2D eigenvalue weighted by molar-refractivity contribution is -0.134. The first-order chi connectivity index (χ1) is 12.0. The normalized spacial score (nSPS) is 17.2. The third kappa shape index (κ3) is 6.07. The summed E-state index contributed by atoms with van der Waals surface area (Å²) in [7, 11) is 4.05. The van der Waals surface area contributed by atoms with Crippen molar-refractivity contribution in [2.24, 2.45) is 0 Å². The third-order valence-corrected chi connectivity index (χ3v) is 4.88. The van der Waals surface area contributed by atoms with E-state index >= 15 is 0 Å². The number of hydrogen-bond acceptors (Lipinski definition) is 3. The van der Waals surface area contributed by atoms with Gasteiger partial charge in [0, 0.05) is 52.3 Å². The minimum Gasteiger partial charge on any atom is -0.378 e. The van der Waals surface area contributed by atoms with E-state index in [0.29, 0.717) is 13.0 Å². The first-order valence-electron chi connectivity index (χ1n) is 9.27. The van der Waals surface area contributed by atoms with Crippen molar-refractivity contribution < 1.29 is 9.59 Å². The Bertz CT molecular complexity index is 569. The molecule has 1 N–H and O–H groups in total. The van der Waals surface area contributed by atoms with Crippen molar-refractivity contribution in [3.05, 3.63) is 29.8 Å². The van der Waals surface area contributed by atoms with Gasteiger partial charge in [0.25, 0.3) is 0 Å². The average molecular weight is 345 g/mol. The molecule has 1 fully saturated rings. The smallest absolute Gasteiger partial charge is 0.223 e. The summed E-state index contributed by atoms with van der Waals surface area (Å²) in [5.74, 6) is 0.235. The Morgan fingerprint density at radius 2 is 1.92 bits per heavy atom. The lowest BCUT2D eigenvalue weighted by atomic mass is 9.98. The van der Waals surface area contributed by atoms with E-state index in [1.165, 1.54) is 24.6 Å². The first-order valence-corrected chi connectivity index (χ1v) is 9.27. The number of benzene rings is 1. The van der Waals surface area contributed by atoms with E-state index < -0.39 is 0 Å². The second-order valence-electron chi connectivity index (χ2n) is 7.07. The molecule has 0 radical (unpaired) electrons. The number of carbonyl (C=O) groups excluding carboxylic acids is 2. The predicted molar refractivity (Wildman–Crippen MR) is 102 cm³/mol. The molecule has 0 spiro atoms. The van der Waals surface area contributed by atoms with Crippen molar-refractivity contribution in [3.63, 3.8) is 0 Å². The minimum atomic E-state index is -0.00476. The van der Waals surface area contributed by atoms with Crippen molar-refractivity contribution in [1.29, 1.82) is 0 Å². The maximum atomic E-state index is 12.7. The van der Waals surface area contributed by atoms with Gasteiger partial charge in [-0.05, 0) is 49.8 Å². The van der Waals surface area contributed by atoms with Gasteiger partial charge in [-0.25, -0.2) is 0 Å². The van der Waals surface area contributed by atoms with Crippen molar-refractivity contribution in [2.45, 2.75) is 51.5 Å². The van der Waals surface area contributed by atoms with Crippen LogP contribution in [-0.4, -0.2) is 49.9 Å². The monoisotopic (exact) mass is 345 g/mol. The second kappa shape index (κ2) is 9.44. The minimum absolute atomic E-state index is 0.00476. The number of likely N-dealkylation sites (tertiary alicyclic amines) is 1. The number of amides is 2. The number of rotatable bonds is 7. The second-order valence-corrected chi connectivity index (χ2v) is 7.07. The van der Waals surface area contributed by atoms with Gasteiger partial charge in [0.1, 0.15) is 0 Å². The zero-order valence-electron chi connectivity index (χ0n) is 15.8. The molecule has 0 aromatic heterocycles. The quantitative estimate of drug-likeness (QED) is 0.826. The van der Waals surface area contributed by atoms with Crippen LogP contribution in [0.1, 0.15) is 44.6 Å². The lowest BCUT2D eigenvalue weighted by Crippen LogP contribution is -2.45. The molecule has 0 bridgehead atoms. The molecule has 2 rings (SSSR count). The molecule has 1 aromatic rings. The molecule has 1 heterocycles. The summed E-state index contributed by atoms with van der Waals surface area (Å²) in [6, 6.07) is 8.66. The number of piperidine rings is 1. The largest absolute Gasteiger partial charge is 0.378 e. The molecule has 0 saturated carbocycles. The molecule has 1 saturated heterocycles. The van der Waals surface area contributed by atoms with Crippen LogP contribution in [0.4, 0.5) is 5.69 Å². The Hall–Kier alpha value is -2.04. The van der Waals surface area contributed by atoms with Gasteiger partial charge in [-0.3, -0.25) is 9.59 Å². The Kier molecular flexibility index (Phi) is 7.29. The zero-order chi connectivity index (χ0) is 18.2. The fraction of sp³-hybridized carbons (Fsp3) is 0.600. The summed E-state index contributed by atoms with van der Waals surface area (Å²) in [6.07, 6.45) is 5.48. The van der Waals surface area contributed by atoms with E-state index in [1.54, 1.807) is 0 Å². The number of anilines is 1. The molecule has 2 amide bonds. The highest BCUT2D eigenvalue weighted by atomic mass is 16.2. The van der Waals surface area contributed by atoms with Gasteiger partial charge in [-0.1, -0.05) is 12.1 Å². The van der Waals surface area contributed by atoms with Gasteiger partial charge in [-0.15, -0.1) is 0 Å². The lowest BCUT2D eigenvalue weighted by Gasteiger charge is -2.36. The molecule has 1 unspecified atom stereocenters. The summed E-state index contributed by atoms with van der Waals surface area (Å²) >= 11 is 0. The van der Waals surface area contributed by atoms with Crippen LogP contribution in [0.25, 0.3) is 0 Å². The summed E-state index contributed by atoms with van der Waals surface area (Å²) < 4.78 is 0. The van der Waals surface area contributed by atoms with E-state index in [9.17, 15) is 9.59 Å². The van der Waals surface area contributed by atoms with Crippen LogP contribution < -0.4 is 10.2 Å². The van der Waals surface area contributed by atoms with Crippen LogP contribution in [0.15, 0.2) is 24.3 Å². The van der Waals surface area contributed by atoms with Crippen molar-refractivity contribution >= 4 is 17.5 Å². The third-order valence-electron chi connectivity index (χ3n) is 4.88. The molecular weight excluding hydrogens is 314 g/mol. The number of nitrogens with one attached hydrogen (secondary N) is 1. The van der Waals surface area contributed by atoms with Gasteiger partial charge >= 0.3 is 0 Å². The van der Waals surface area contributed by atoms with Gasteiger partial charge in [0.05, 0.1) is 0 Å². The standard InChI is InChI=1S/C20H31N3O2/c1-16(24)21-14-13-19-6-4-5-15-23(19)20(25)12-9-17-7-10-18(11-8-17)22(2)3/h7-8,10-11,19H,4-6,9,12-15H2,1-3H3,(H,21,24). The van der Waals surface area contributed by atoms with E-state index in [2.05, 4.69) is 34.5 Å². The van der Waals surface area contributed by atoms with Crippen LogP contribution >= 0.6 is 0 Å². The van der Waals surface area contributed by atoms with Gasteiger partial charge in [-0.2, -0.15) is 0 Å². The molecule has 1 atom stereocenters. The summed E-state index contributed by atoms with van der Waals surface area (Å²) in [5, 5.41) is 2.84. The fourth-order valence-corrected chi connectivity index (χ4v) is 3.40. The topological polar surface area (TPSA) is 52.7 Å². The average Bonchev–Trinajstić information content (AvgIpc) is 2.60. The molecule has 1 aliphatic rings. The molecule has 5 nitrogen and oxygen atoms in total. The van der Waals surface area contributed by atoms with Crippen LogP contribution in [0.2, 0.25) is 0 Å². The molecule has 1 aromatic carbocycles. The molecule has 25 heavy (non-hydrogen) atoms.